The van der Waals surface area contributed by atoms with E-state index in [9.17, 15) is 0 Å². The molecule has 1 aromatic heterocycles. The van der Waals surface area contributed by atoms with Gasteiger partial charge in [-0.3, -0.25) is 0 Å². The van der Waals surface area contributed by atoms with Crippen molar-refractivity contribution in [3.8, 4) is 0 Å². The number of aromatic nitrogens is 1. The minimum atomic E-state index is 0.429. The molecule has 0 spiro atoms. The number of hydrogen-bond acceptors (Lipinski definition) is 2. The van der Waals surface area contributed by atoms with Gasteiger partial charge in [0, 0.05) is 30.0 Å². The molecule has 0 bridgehead atoms. The third-order valence-corrected chi connectivity index (χ3v) is 4.09. The van der Waals surface area contributed by atoms with E-state index in [1.165, 1.54) is 30.0 Å². The molecule has 1 atom stereocenters. The Labute approximate surface area is 113 Å². The second-order valence-electron chi connectivity index (χ2n) is 4.85. The predicted molar refractivity (Wildman–Crippen MR) is 77.4 cm³/mol. The van der Waals surface area contributed by atoms with Gasteiger partial charge >= 0.3 is 0 Å². The van der Waals surface area contributed by atoms with Gasteiger partial charge < -0.3 is 4.90 Å². The number of hydrogen-bond donors (Lipinski definition) is 0. The van der Waals surface area contributed by atoms with E-state index in [1.807, 2.05) is 6.20 Å². The van der Waals surface area contributed by atoms with Crippen molar-refractivity contribution < 1.29 is 0 Å². The van der Waals surface area contributed by atoms with Crippen molar-refractivity contribution in [1.29, 1.82) is 0 Å². The van der Waals surface area contributed by atoms with E-state index in [4.69, 9.17) is 11.6 Å². The molecule has 0 aliphatic carbocycles. The fraction of sp³-hybridized carbons (Fsp3) is 0.400. The summed E-state index contributed by atoms with van der Waals surface area (Å²) in [6.07, 6.45) is 5.59. The number of rotatable bonds is 2. The Morgan fingerprint density at radius 1 is 1.22 bits per heavy atom. The van der Waals surface area contributed by atoms with Crippen LogP contribution in [0.1, 0.15) is 19.3 Å². The Hall–Kier alpha value is -1.28. The summed E-state index contributed by atoms with van der Waals surface area (Å²) in [5.74, 6) is 1.78. The van der Waals surface area contributed by atoms with Crippen molar-refractivity contribution in [1.82, 2.24) is 4.98 Å². The highest BCUT2D eigenvalue weighted by molar-refractivity contribution is 6.18. The zero-order valence-electron chi connectivity index (χ0n) is 10.3. The zero-order valence-corrected chi connectivity index (χ0v) is 11.1. The molecule has 3 rings (SSSR count). The number of fused-ring (bicyclic) bond motifs is 1. The highest BCUT2D eigenvalue weighted by Crippen LogP contribution is 2.29. The maximum absolute atomic E-state index is 6.11. The van der Waals surface area contributed by atoms with Crippen molar-refractivity contribution in [2.45, 2.75) is 25.3 Å². The van der Waals surface area contributed by atoms with Gasteiger partial charge in [0.15, 0.2) is 0 Å². The van der Waals surface area contributed by atoms with Crippen LogP contribution in [0, 0.1) is 0 Å². The van der Waals surface area contributed by atoms with E-state index >= 15 is 0 Å². The summed E-state index contributed by atoms with van der Waals surface area (Å²) in [6, 6.07) is 10.9. The van der Waals surface area contributed by atoms with E-state index in [2.05, 4.69) is 40.2 Å². The maximum atomic E-state index is 6.11. The van der Waals surface area contributed by atoms with E-state index in [-0.39, 0.29) is 0 Å². The molecule has 0 radical (unpaired) electrons. The van der Waals surface area contributed by atoms with Crippen LogP contribution in [0.2, 0.25) is 0 Å². The minimum Gasteiger partial charge on any atom is -0.352 e. The first-order chi connectivity index (χ1) is 8.90. The predicted octanol–water partition coefficient (Wildman–Crippen LogP) is 3.83. The van der Waals surface area contributed by atoms with E-state index in [0.717, 1.165) is 12.4 Å². The fourth-order valence-electron chi connectivity index (χ4n) is 2.77. The van der Waals surface area contributed by atoms with Gasteiger partial charge in [-0.25, -0.2) is 4.98 Å². The van der Waals surface area contributed by atoms with Gasteiger partial charge in [-0.1, -0.05) is 24.3 Å². The minimum absolute atomic E-state index is 0.429. The van der Waals surface area contributed by atoms with E-state index in [1.54, 1.807) is 0 Å². The monoisotopic (exact) mass is 260 g/mol. The van der Waals surface area contributed by atoms with Gasteiger partial charge in [0.25, 0.3) is 0 Å². The zero-order chi connectivity index (χ0) is 12.4. The highest BCUT2D eigenvalue weighted by Gasteiger charge is 2.23. The van der Waals surface area contributed by atoms with Gasteiger partial charge in [-0.2, -0.15) is 0 Å². The number of nitrogens with zero attached hydrogens (tertiary/aromatic N) is 2. The summed E-state index contributed by atoms with van der Waals surface area (Å²) in [6.45, 7) is 1.07. The third kappa shape index (κ3) is 2.05. The largest absolute Gasteiger partial charge is 0.352 e. The SMILES string of the molecule is ClCC1CCCCN1c1nccc2ccccc12. The summed E-state index contributed by atoms with van der Waals surface area (Å²) in [7, 11) is 0. The van der Waals surface area contributed by atoms with E-state index < -0.39 is 0 Å². The summed E-state index contributed by atoms with van der Waals surface area (Å²) in [5.41, 5.74) is 0. The molecule has 94 valence electrons. The van der Waals surface area contributed by atoms with Gasteiger partial charge in [0.1, 0.15) is 5.82 Å². The summed E-state index contributed by atoms with van der Waals surface area (Å²) in [4.78, 5) is 6.98. The molecule has 1 saturated heterocycles. The number of alkyl halides is 1. The van der Waals surface area contributed by atoms with Crippen LogP contribution in [0.25, 0.3) is 10.8 Å². The lowest BCUT2D eigenvalue weighted by Crippen LogP contribution is -2.41. The molecule has 18 heavy (non-hydrogen) atoms. The quantitative estimate of drug-likeness (QED) is 0.763. The number of benzene rings is 1. The summed E-state index contributed by atoms with van der Waals surface area (Å²) >= 11 is 6.11. The summed E-state index contributed by atoms with van der Waals surface area (Å²) in [5, 5.41) is 2.48. The smallest absolute Gasteiger partial charge is 0.136 e. The van der Waals surface area contributed by atoms with Gasteiger partial charge in [-0.05, 0) is 30.7 Å². The number of anilines is 1. The van der Waals surface area contributed by atoms with Crippen molar-refractivity contribution in [2.24, 2.45) is 0 Å². The van der Waals surface area contributed by atoms with Crippen molar-refractivity contribution in [2.75, 3.05) is 17.3 Å². The average Bonchev–Trinajstić information content (AvgIpc) is 2.46. The number of pyridine rings is 1. The first kappa shape index (κ1) is 11.8. The summed E-state index contributed by atoms with van der Waals surface area (Å²) < 4.78 is 0. The first-order valence-electron chi connectivity index (χ1n) is 6.56. The highest BCUT2D eigenvalue weighted by atomic mass is 35.5. The Bertz CT molecular complexity index is 536. The molecule has 1 unspecified atom stereocenters. The molecule has 2 aromatic rings. The molecule has 1 aliphatic rings. The van der Waals surface area contributed by atoms with Gasteiger partial charge in [0.2, 0.25) is 0 Å². The Kier molecular flexibility index (Phi) is 3.37. The number of halogens is 1. The third-order valence-electron chi connectivity index (χ3n) is 3.73. The van der Waals surface area contributed by atoms with Crippen molar-refractivity contribution in [3.63, 3.8) is 0 Å². The number of piperidine rings is 1. The van der Waals surface area contributed by atoms with Crippen LogP contribution in [0.3, 0.4) is 0 Å². The molecule has 1 aliphatic heterocycles. The Morgan fingerprint density at radius 2 is 2.11 bits per heavy atom. The van der Waals surface area contributed by atoms with Crippen LogP contribution < -0.4 is 4.90 Å². The molecule has 0 saturated carbocycles. The molecular formula is C15H17ClN2. The van der Waals surface area contributed by atoms with Crippen LogP contribution in [-0.4, -0.2) is 23.5 Å². The molecule has 1 fully saturated rings. The fourth-order valence-corrected chi connectivity index (χ4v) is 3.09. The molecule has 2 nitrogen and oxygen atoms in total. The molecular weight excluding hydrogens is 244 g/mol. The lowest BCUT2D eigenvalue weighted by atomic mass is 10.0. The molecule has 1 aromatic carbocycles. The lowest BCUT2D eigenvalue weighted by molar-refractivity contribution is 0.485. The maximum Gasteiger partial charge on any atom is 0.136 e. The van der Waals surface area contributed by atoms with Crippen LogP contribution in [0.4, 0.5) is 5.82 Å². The average molecular weight is 261 g/mol. The normalized spacial score (nSPS) is 20.3. The molecule has 0 N–H and O–H groups in total. The van der Waals surface area contributed by atoms with E-state index in [0.29, 0.717) is 11.9 Å². The Balaban J connectivity index is 2.07. The van der Waals surface area contributed by atoms with Crippen LogP contribution in [0.5, 0.6) is 0 Å². The lowest BCUT2D eigenvalue weighted by Gasteiger charge is -2.36. The van der Waals surface area contributed by atoms with Crippen molar-refractivity contribution in [3.05, 3.63) is 36.5 Å². The van der Waals surface area contributed by atoms with Gasteiger partial charge in [-0.15, -0.1) is 11.6 Å². The topological polar surface area (TPSA) is 16.1 Å². The van der Waals surface area contributed by atoms with Gasteiger partial charge in [0.05, 0.1) is 0 Å². The molecule has 2 heterocycles. The molecule has 3 heteroatoms. The van der Waals surface area contributed by atoms with Crippen LogP contribution in [-0.2, 0) is 0 Å². The van der Waals surface area contributed by atoms with Crippen LogP contribution >= 0.6 is 11.6 Å². The second kappa shape index (κ2) is 5.15. The first-order valence-corrected chi connectivity index (χ1v) is 7.10. The Morgan fingerprint density at radius 3 is 3.00 bits per heavy atom. The molecule has 0 amide bonds. The van der Waals surface area contributed by atoms with Crippen molar-refractivity contribution >= 4 is 28.2 Å². The standard InChI is InChI=1S/C15H17ClN2/c16-11-13-6-3-4-10-18(13)15-14-7-2-1-5-12(14)8-9-17-15/h1-2,5,7-9,13H,3-4,6,10-11H2. The second-order valence-corrected chi connectivity index (χ2v) is 5.16. The van der Waals surface area contributed by atoms with Crippen LogP contribution in [0.15, 0.2) is 36.5 Å².